The lowest BCUT2D eigenvalue weighted by Crippen LogP contribution is -2.22. The van der Waals surface area contributed by atoms with Crippen molar-refractivity contribution in [1.82, 2.24) is 19.9 Å². The number of benzene rings is 1. The van der Waals surface area contributed by atoms with Crippen LogP contribution >= 0.6 is 0 Å². The van der Waals surface area contributed by atoms with Crippen molar-refractivity contribution in [1.29, 1.82) is 0 Å². The molecule has 0 unspecified atom stereocenters. The predicted octanol–water partition coefficient (Wildman–Crippen LogP) is 1.70. The van der Waals surface area contributed by atoms with Crippen LogP contribution in [0, 0.1) is 6.92 Å². The third kappa shape index (κ3) is 2.46. The SMILES string of the molecule is Cc1nnc2cc(C(=O)NCc3ccc4c(c3)OCO4)ccn12. The molecule has 1 aliphatic heterocycles. The van der Waals surface area contributed by atoms with E-state index in [1.54, 1.807) is 18.3 Å². The van der Waals surface area contributed by atoms with Gasteiger partial charge in [-0.2, -0.15) is 0 Å². The highest BCUT2D eigenvalue weighted by Crippen LogP contribution is 2.32. The van der Waals surface area contributed by atoms with E-state index in [9.17, 15) is 4.79 Å². The summed E-state index contributed by atoms with van der Waals surface area (Å²) in [5.41, 5.74) is 2.14. The molecule has 4 rings (SSSR count). The Balaban J connectivity index is 1.48. The maximum atomic E-state index is 12.3. The second-order valence-corrected chi connectivity index (χ2v) is 5.26. The van der Waals surface area contributed by atoms with E-state index < -0.39 is 0 Å². The molecule has 0 radical (unpaired) electrons. The second-order valence-electron chi connectivity index (χ2n) is 5.26. The number of hydrogen-bond donors (Lipinski definition) is 1. The lowest BCUT2D eigenvalue weighted by molar-refractivity contribution is 0.0951. The van der Waals surface area contributed by atoms with Crippen molar-refractivity contribution in [2.75, 3.05) is 6.79 Å². The largest absolute Gasteiger partial charge is 0.454 e. The normalized spacial score (nSPS) is 12.6. The zero-order valence-corrected chi connectivity index (χ0v) is 12.4. The highest BCUT2D eigenvalue weighted by atomic mass is 16.7. The number of pyridine rings is 1. The molecule has 1 aliphatic rings. The van der Waals surface area contributed by atoms with Gasteiger partial charge in [0.1, 0.15) is 5.82 Å². The number of carbonyl (C=O) groups is 1. The number of fused-ring (bicyclic) bond motifs is 2. The monoisotopic (exact) mass is 310 g/mol. The van der Waals surface area contributed by atoms with Gasteiger partial charge in [-0.05, 0) is 36.8 Å². The van der Waals surface area contributed by atoms with E-state index in [0.29, 0.717) is 23.5 Å². The smallest absolute Gasteiger partial charge is 0.251 e. The van der Waals surface area contributed by atoms with Crippen molar-refractivity contribution >= 4 is 11.6 Å². The summed E-state index contributed by atoms with van der Waals surface area (Å²) < 4.78 is 12.4. The van der Waals surface area contributed by atoms with Gasteiger partial charge in [0.25, 0.3) is 5.91 Å². The molecule has 3 aromatic rings. The highest BCUT2D eigenvalue weighted by molar-refractivity contribution is 5.94. The zero-order valence-electron chi connectivity index (χ0n) is 12.4. The Morgan fingerprint density at radius 2 is 2.09 bits per heavy atom. The molecule has 0 atom stereocenters. The van der Waals surface area contributed by atoms with E-state index in [1.807, 2.05) is 29.5 Å². The summed E-state index contributed by atoms with van der Waals surface area (Å²) in [6.07, 6.45) is 1.79. The summed E-state index contributed by atoms with van der Waals surface area (Å²) in [5, 5.41) is 10.9. The first-order chi connectivity index (χ1) is 11.2. The zero-order chi connectivity index (χ0) is 15.8. The van der Waals surface area contributed by atoms with Gasteiger partial charge in [-0.25, -0.2) is 0 Å². The molecule has 0 bridgehead atoms. The Morgan fingerprint density at radius 1 is 1.22 bits per heavy atom. The quantitative estimate of drug-likeness (QED) is 0.796. The van der Waals surface area contributed by atoms with Gasteiger partial charge in [-0.1, -0.05) is 6.07 Å². The van der Waals surface area contributed by atoms with Gasteiger partial charge in [0.05, 0.1) is 0 Å². The van der Waals surface area contributed by atoms with Gasteiger partial charge in [-0.15, -0.1) is 10.2 Å². The highest BCUT2D eigenvalue weighted by Gasteiger charge is 2.14. The van der Waals surface area contributed by atoms with E-state index in [1.165, 1.54) is 0 Å². The van der Waals surface area contributed by atoms with Gasteiger partial charge in [-0.3, -0.25) is 9.20 Å². The number of nitrogens with zero attached hydrogens (tertiary/aromatic N) is 3. The molecule has 1 aromatic carbocycles. The number of nitrogens with one attached hydrogen (secondary N) is 1. The maximum Gasteiger partial charge on any atom is 0.251 e. The number of carbonyl (C=O) groups excluding carboxylic acids is 1. The Bertz CT molecular complexity index is 903. The third-order valence-electron chi connectivity index (χ3n) is 3.73. The first-order valence-electron chi connectivity index (χ1n) is 7.19. The molecule has 0 fully saturated rings. The van der Waals surface area contributed by atoms with E-state index >= 15 is 0 Å². The van der Waals surface area contributed by atoms with E-state index in [-0.39, 0.29) is 12.7 Å². The van der Waals surface area contributed by atoms with Gasteiger partial charge < -0.3 is 14.8 Å². The Hall–Kier alpha value is -3.09. The molecule has 7 nitrogen and oxygen atoms in total. The fraction of sp³-hybridized carbons (Fsp3) is 0.188. The van der Waals surface area contributed by atoms with E-state index in [0.717, 1.165) is 17.1 Å². The van der Waals surface area contributed by atoms with Crippen molar-refractivity contribution in [3.05, 3.63) is 53.5 Å². The van der Waals surface area contributed by atoms with Crippen molar-refractivity contribution in [2.45, 2.75) is 13.5 Å². The van der Waals surface area contributed by atoms with E-state index in [2.05, 4.69) is 15.5 Å². The van der Waals surface area contributed by atoms with Crippen LogP contribution in [0.4, 0.5) is 0 Å². The number of ether oxygens (including phenoxy) is 2. The minimum atomic E-state index is -0.161. The molecular weight excluding hydrogens is 296 g/mol. The lowest BCUT2D eigenvalue weighted by Gasteiger charge is -2.06. The number of aromatic nitrogens is 3. The predicted molar refractivity (Wildman–Crippen MR) is 81.5 cm³/mol. The first kappa shape index (κ1) is 13.6. The minimum absolute atomic E-state index is 0.161. The molecule has 1 amide bonds. The van der Waals surface area contributed by atoms with Crippen LogP contribution in [-0.2, 0) is 6.54 Å². The summed E-state index contributed by atoms with van der Waals surface area (Å²) in [6, 6.07) is 9.08. The average Bonchev–Trinajstić information content (AvgIpc) is 3.18. The number of amides is 1. The molecule has 0 aliphatic carbocycles. The van der Waals surface area contributed by atoms with Gasteiger partial charge in [0.2, 0.25) is 6.79 Å². The molecule has 1 N–H and O–H groups in total. The summed E-state index contributed by atoms with van der Waals surface area (Å²) in [6.45, 7) is 2.51. The summed E-state index contributed by atoms with van der Waals surface area (Å²) in [5.74, 6) is 2.06. The lowest BCUT2D eigenvalue weighted by atomic mass is 10.2. The van der Waals surface area contributed by atoms with E-state index in [4.69, 9.17) is 9.47 Å². The molecule has 0 saturated heterocycles. The third-order valence-corrected chi connectivity index (χ3v) is 3.73. The van der Waals surface area contributed by atoms with Crippen LogP contribution in [0.25, 0.3) is 5.65 Å². The first-order valence-corrected chi connectivity index (χ1v) is 7.19. The van der Waals surface area contributed by atoms with Crippen LogP contribution < -0.4 is 14.8 Å². The van der Waals surface area contributed by atoms with Crippen molar-refractivity contribution in [2.24, 2.45) is 0 Å². The number of hydrogen-bond acceptors (Lipinski definition) is 5. The van der Waals surface area contributed by atoms with Crippen molar-refractivity contribution < 1.29 is 14.3 Å². The Morgan fingerprint density at radius 3 is 3.00 bits per heavy atom. The molecule has 0 saturated carbocycles. The fourth-order valence-corrected chi connectivity index (χ4v) is 2.49. The molecule has 23 heavy (non-hydrogen) atoms. The average molecular weight is 310 g/mol. The van der Waals surface area contributed by atoms with Crippen LogP contribution in [0.15, 0.2) is 36.5 Å². The van der Waals surface area contributed by atoms with Crippen molar-refractivity contribution in [3.8, 4) is 11.5 Å². The van der Waals surface area contributed by atoms with Crippen LogP contribution in [0.3, 0.4) is 0 Å². The molecular formula is C16H14N4O3. The standard InChI is InChI=1S/C16H14N4O3/c1-10-18-19-15-7-12(4-5-20(10)15)16(21)17-8-11-2-3-13-14(6-11)23-9-22-13/h2-7H,8-9H2,1H3,(H,17,21). The maximum absolute atomic E-state index is 12.3. The van der Waals surface area contributed by atoms with Crippen LogP contribution in [-0.4, -0.2) is 27.3 Å². The fourth-order valence-electron chi connectivity index (χ4n) is 2.49. The minimum Gasteiger partial charge on any atom is -0.454 e. The van der Waals surface area contributed by atoms with Crippen LogP contribution in [0.5, 0.6) is 11.5 Å². The molecule has 7 heteroatoms. The summed E-state index contributed by atoms with van der Waals surface area (Å²) in [4.78, 5) is 12.3. The number of rotatable bonds is 3. The summed E-state index contributed by atoms with van der Waals surface area (Å²) >= 11 is 0. The van der Waals surface area contributed by atoms with Crippen molar-refractivity contribution in [3.63, 3.8) is 0 Å². The second kappa shape index (κ2) is 5.28. The topological polar surface area (TPSA) is 77.8 Å². The molecule has 3 heterocycles. The molecule has 0 spiro atoms. The van der Waals surface area contributed by atoms with Gasteiger partial charge in [0.15, 0.2) is 17.1 Å². The van der Waals surface area contributed by atoms with Gasteiger partial charge in [0, 0.05) is 18.3 Å². The molecule has 116 valence electrons. The van der Waals surface area contributed by atoms with Crippen LogP contribution in [0.2, 0.25) is 0 Å². The van der Waals surface area contributed by atoms with Gasteiger partial charge >= 0.3 is 0 Å². The summed E-state index contributed by atoms with van der Waals surface area (Å²) in [7, 11) is 0. The molecule has 2 aromatic heterocycles. The Labute approximate surface area is 131 Å². The van der Waals surface area contributed by atoms with Crippen LogP contribution in [0.1, 0.15) is 21.7 Å². The Kier molecular flexibility index (Phi) is 3.11. The number of aryl methyl sites for hydroxylation is 1.